The third kappa shape index (κ3) is 3.53. The fraction of sp³-hybridized carbons (Fsp3) is 0.0455. The zero-order valence-electron chi connectivity index (χ0n) is 14.6. The molecule has 0 aliphatic heterocycles. The Hall–Kier alpha value is -3.60. The van der Waals surface area contributed by atoms with Crippen LogP contribution in [0.25, 0.3) is 22.2 Å². The minimum atomic E-state index is -0.276. The number of pyridine rings is 2. The highest BCUT2D eigenvalue weighted by atomic mass is 19.1. The molecular formula is C22H16FN3O. The molecule has 2 heterocycles. The largest absolute Gasteiger partial charge is 0.322 e. The highest BCUT2D eigenvalue weighted by Gasteiger charge is 2.09. The van der Waals surface area contributed by atoms with Crippen LogP contribution in [-0.4, -0.2) is 15.9 Å². The van der Waals surface area contributed by atoms with E-state index in [1.54, 1.807) is 30.6 Å². The number of carbonyl (C=O) groups is 1. The minimum Gasteiger partial charge on any atom is -0.322 e. The Labute approximate surface area is 155 Å². The molecule has 4 rings (SSSR count). The summed E-state index contributed by atoms with van der Waals surface area (Å²) in [5.74, 6) is -0.457. The summed E-state index contributed by atoms with van der Waals surface area (Å²) in [4.78, 5) is 20.8. The van der Waals surface area contributed by atoms with Crippen molar-refractivity contribution >= 4 is 22.5 Å². The first-order chi connectivity index (χ1) is 13.1. The predicted octanol–water partition coefficient (Wildman–Crippen LogP) is 5.00. The number of amides is 1. The van der Waals surface area contributed by atoms with Gasteiger partial charge in [0.1, 0.15) is 5.82 Å². The lowest BCUT2D eigenvalue weighted by Gasteiger charge is -2.11. The van der Waals surface area contributed by atoms with Gasteiger partial charge in [0, 0.05) is 34.6 Å². The molecule has 0 saturated carbocycles. The van der Waals surface area contributed by atoms with E-state index in [2.05, 4.69) is 15.3 Å². The Morgan fingerprint density at radius 1 is 0.963 bits per heavy atom. The van der Waals surface area contributed by atoms with Crippen LogP contribution in [0.2, 0.25) is 0 Å². The van der Waals surface area contributed by atoms with Gasteiger partial charge in [0.15, 0.2) is 0 Å². The lowest BCUT2D eigenvalue weighted by Crippen LogP contribution is -2.12. The third-order valence-electron chi connectivity index (χ3n) is 4.36. The minimum absolute atomic E-state index is 0.181. The van der Waals surface area contributed by atoms with E-state index in [1.807, 2.05) is 37.3 Å². The summed E-state index contributed by atoms with van der Waals surface area (Å²) in [6.45, 7) is 1.93. The first-order valence-corrected chi connectivity index (χ1v) is 8.49. The molecular weight excluding hydrogens is 341 g/mol. The molecule has 4 nitrogen and oxygen atoms in total. The summed E-state index contributed by atoms with van der Waals surface area (Å²) >= 11 is 0. The fourth-order valence-corrected chi connectivity index (χ4v) is 2.92. The molecule has 2 aromatic carbocycles. The number of hydrogen-bond acceptors (Lipinski definition) is 3. The van der Waals surface area contributed by atoms with Gasteiger partial charge in [0.05, 0.1) is 11.2 Å². The number of fused-ring (bicyclic) bond motifs is 1. The highest BCUT2D eigenvalue weighted by Crippen LogP contribution is 2.26. The maximum atomic E-state index is 13.3. The van der Waals surface area contributed by atoms with E-state index < -0.39 is 0 Å². The van der Waals surface area contributed by atoms with Gasteiger partial charge in [0.25, 0.3) is 5.91 Å². The van der Waals surface area contributed by atoms with Crippen molar-refractivity contribution in [2.45, 2.75) is 6.92 Å². The number of aromatic nitrogens is 2. The maximum absolute atomic E-state index is 13.3. The first-order valence-electron chi connectivity index (χ1n) is 8.49. The van der Waals surface area contributed by atoms with Gasteiger partial charge in [-0.2, -0.15) is 0 Å². The Morgan fingerprint density at radius 2 is 1.78 bits per heavy atom. The number of aryl methyl sites for hydroxylation is 1. The molecule has 0 fully saturated rings. The number of carbonyl (C=O) groups excluding carboxylic acids is 1. The maximum Gasteiger partial charge on any atom is 0.255 e. The number of rotatable bonds is 3. The Bertz CT molecular complexity index is 1140. The van der Waals surface area contributed by atoms with E-state index >= 15 is 0 Å². The molecule has 2 aromatic heterocycles. The highest BCUT2D eigenvalue weighted by molar-refractivity contribution is 6.04. The number of nitrogens with one attached hydrogen (secondary N) is 1. The van der Waals surface area contributed by atoms with Crippen LogP contribution in [0.4, 0.5) is 10.1 Å². The second-order valence-corrected chi connectivity index (χ2v) is 6.25. The van der Waals surface area contributed by atoms with Gasteiger partial charge in [-0.15, -0.1) is 0 Å². The molecule has 0 aliphatic rings. The molecule has 0 spiro atoms. The van der Waals surface area contributed by atoms with Crippen molar-refractivity contribution in [3.63, 3.8) is 0 Å². The van der Waals surface area contributed by atoms with Crippen molar-refractivity contribution in [2.75, 3.05) is 5.32 Å². The van der Waals surface area contributed by atoms with Gasteiger partial charge in [0.2, 0.25) is 0 Å². The summed E-state index contributed by atoms with van der Waals surface area (Å²) in [5, 5.41) is 3.67. The summed E-state index contributed by atoms with van der Waals surface area (Å²) in [6.07, 6.45) is 3.17. The van der Waals surface area contributed by atoms with E-state index in [1.165, 1.54) is 12.1 Å². The molecule has 1 N–H and O–H groups in total. The van der Waals surface area contributed by atoms with E-state index in [0.29, 0.717) is 5.56 Å². The molecule has 5 heteroatoms. The number of anilines is 1. The van der Waals surface area contributed by atoms with Crippen molar-refractivity contribution < 1.29 is 9.18 Å². The van der Waals surface area contributed by atoms with Crippen LogP contribution in [0, 0.1) is 12.7 Å². The molecule has 27 heavy (non-hydrogen) atoms. The zero-order chi connectivity index (χ0) is 18.8. The summed E-state index contributed by atoms with van der Waals surface area (Å²) in [5.41, 5.74) is 4.68. The average Bonchev–Trinajstić information content (AvgIpc) is 2.69. The quantitative estimate of drug-likeness (QED) is 0.561. The van der Waals surface area contributed by atoms with E-state index in [0.717, 1.165) is 33.4 Å². The predicted molar refractivity (Wildman–Crippen MR) is 104 cm³/mol. The van der Waals surface area contributed by atoms with E-state index in [4.69, 9.17) is 0 Å². The van der Waals surface area contributed by atoms with Gasteiger partial charge in [-0.1, -0.05) is 12.1 Å². The van der Waals surface area contributed by atoms with Crippen LogP contribution < -0.4 is 5.32 Å². The van der Waals surface area contributed by atoms with Crippen LogP contribution in [0.5, 0.6) is 0 Å². The van der Waals surface area contributed by atoms with Crippen molar-refractivity contribution in [2.24, 2.45) is 0 Å². The van der Waals surface area contributed by atoms with Crippen LogP contribution in [0.1, 0.15) is 15.9 Å². The molecule has 1 amide bonds. The molecule has 4 aromatic rings. The van der Waals surface area contributed by atoms with E-state index in [9.17, 15) is 9.18 Å². The van der Waals surface area contributed by atoms with Gasteiger partial charge in [-0.25, -0.2) is 9.37 Å². The topological polar surface area (TPSA) is 54.9 Å². The molecule has 132 valence electrons. The average molecular weight is 357 g/mol. The first kappa shape index (κ1) is 16.8. The third-order valence-corrected chi connectivity index (χ3v) is 4.36. The second-order valence-electron chi connectivity index (χ2n) is 6.25. The number of nitrogens with zero attached hydrogens (tertiary/aromatic N) is 2. The van der Waals surface area contributed by atoms with Crippen molar-refractivity contribution in [3.8, 4) is 11.3 Å². The molecule has 0 saturated heterocycles. The standard InChI is InChI=1S/C22H16FN3O/c1-14-12-16(20-6-3-17-13-18(23)4-7-21(17)25-20)2-5-19(14)26-22(27)15-8-10-24-11-9-15/h2-13H,1H3,(H,26,27). The normalized spacial score (nSPS) is 10.7. The van der Waals surface area contributed by atoms with Crippen LogP contribution >= 0.6 is 0 Å². The molecule has 0 unspecified atom stereocenters. The Balaban J connectivity index is 1.62. The smallest absolute Gasteiger partial charge is 0.255 e. The van der Waals surface area contributed by atoms with Crippen molar-refractivity contribution in [3.05, 3.63) is 90.0 Å². The summed E-state index contributed by atoms with van der Waals surface area (Å²) in [6, 6.07) is 17.3. The molecule has 0 atom stereocenters. The van der Waals surface area contributed by atoms with E-state index in [-0.39, 0.29) is 11.7 Å². The Kier molecular flexibility index (Phi) is 4.34. The summed E-state index contributed by atoms with van der Waals surface area (Å²) in [7, 11) is 0. The molecule has 0 radical (unpaired) electrons. The lowest BCUT2D eigenvalue weighted by atomic mass is 10.1. The van der Waals surface area contributed by atoms with Gasteiger partial charge >= 0.3 is 0 Å². The van der Waals surface area contributed by atoms with Crippen molar-refractivity contribution in [1.29, 1.82) is 0 Å². The number of halogens is 1. The Morgan fingerprint density at radius 3 is 2.56 bits per heavy atom. The molecule has 0 bridgehead atoms. The fourth-order valence-electron chi connectivity index (χ4n) is 2.92. The lowest BCUT2D eigenvalue weighted by molar-refractivity contribution is 0.102. The van der Waals surface area contributed by atoms with Gasteiger partial charge in [-0.05, 0) is 61.0 Å². The number of hydrogen-bond donors (Lipinski definition) is 1. The zero-order valence-corrected chi connectivity index (χ0v) is 14.6. The second kappa shape index (κ2) is 6.96. The number of benzene rings is 2. The van der Waals surface area contributed by atoms with Crippen LogP contribution in [0.3, 0.4) is 0 Å². The van der Waals surface area contributed by atoms with Gasteiger partial charge < -0.3 is 5.32 Å². The van der Waals surface area contributed by atoms with Crippen LogP contribution in [0.15, 0.2) is 73.1 Å². The summed E-state index contributed by atoms with van der Waals surface area (Å²) < 4.78 is 13.3. The molecule has 0 aliphatic carbocycles. The van der Waals surface area contributed by atoms with Gasteiger partial charge in [-0.3, -0.25) is 9.78 Å². The SMILES string of the molecule is Cc1cc(-c2ccc3cc(F)ccc3n2)ccc1NC(=O)c1ccncc1. The van der Waals surface area contributed by atoms with Crippen LogP contribution in [-0.2, 0) is 0 Å². The van der Waals surface area contributed by atoms with Crippen molar-refractivity contribution in [1.82, 2.24) is 9.97 Å². The monoisotopic (exact) mass is 357 g/mol.